The lowest BCUT2D eigenvalue weighted by Gasteiger charge is -2.23. The number of guanidine groups is 1. The van der Waals surface area contributed by atoms with Gasteiger partial charge in [-0.25, -0.2) is 4.99 Å². The number of hydrogen-bond acceptors (Lipinski definition) is 3. The van der Waals surface area contributed by atoms with Gasteiger partial charge in [-0.15, -0.1) is 24.0 Å². The number of amides is 1. The van der Waals surface area contributed by atoms with E-state index in [2.05, 4.69) is 16.9 Å². The Hall–Kier alpha value is -1.77. The van der Waals surface area contributed by atoms with Gasteiger partial charge in [-0.2, -0.15) is 0 Å². The number of ether oxygens (including phenoxy) is 1. The molecule has 0 heterocycles. The van der Waals surface area contributed by atoms with Crippen LogP contribution in [-0.4, -0.2) is 63.0 Å². The minimum Gasteiger partial charge on any atom is -0.497 e. The predicted molar refractivity (Wildman–Crippen MR) is 114 cm³/mol. The standard InChI is InChI=1S/C18H28N4O2.HI/c1-14(2)11-19-18(20-12-17(23)21(3)4)22(5)13-15-7-9-16(24-6)10-8-15;/h7-10H,1,11-13H2,2-6H3,(H,19,20);1H. The van der Waals surface area contributed by atoms with Crippen LogP contribution in [0.1, 0.15) is 12.5 Å². The van der Waals surface area contributed by atoms with E-state index >= 15 is 0 Å². The van der Waals surface area contributed by atoms with E-state index in [1.54, 1.807) is 21.2 Å². The van der Waals surface area contributed by atoms with E-state index in [9.17, 15) is 4.79 Å². The molecule has 0 aliphatic heterocycles. The van der Waals surface area contributed by atoms with E-state index in [1.165, 1.54) is 4.90 Å². The molecule has 0 fully saturated rings. The maximum atomic E-state index is 11.8. The van der Waals surface area contributed by atoms with Crippen LogP contribution in [0.15, 0.2) is 41.4 Å². The van der Waals surface area contributed by atoms with Gasteiger partial charge in [0, 0.05) is 34.2 Å². The van der Waals surface area contributed by atoms with Gasteiger partial charge < -0.3 is 19.9 Å². The maximum Gasteiger partial charge on any atom is 0.243 e. The number of carbonyl (C=O) groups is 1. The van der Waals surface area contributed by atoms with Gasteiger partial charge >= 0.3 is 0 Å². The largest absolute Gasteiger partial charge is 0.497 e. The number of likely N-dealkylation sites (N-methyl/N-ethyl adjacent to an activating group) is 1. The first kappa shape index (κ1) is 23.2. The lowest BCUT2D eigenvalue weighted by Crippen LogP contribution is -2.40. The molecule has 7 heteroatoms. The molecule has 0 saturated carbocycles. The van der Waals surface area contributed by atoms with E-state index in [0.29, 0.717) is 19.0 Å². The average Bonchev–Trinajstić information content (AvgIpc) is 2.54. The first-order chi connectivity index (χ1) is 11.3. The molecule has 0 atom stereocenters. The fraction of sp³-hybridized carbons (Fsp3) is 0.444. The predicted octanol–water partition coefficient (Wildman–Crippen LogP) is 2.35. The number of benzene rings is 1. The Morgan fingerprint density at radius 1 is 1.24 bits per heavy atom. The molecule has 0 unspecified atom stereocenters. The second-order valence-electron chi connectivity index (χ2n) is 5.94. The second-order valence-corrected chi connectivity index (χ2v) is 5.94. The SMILES string of the molecule is C=C(C)CNC(=NCC(=O)N(C)C)N(C)Cc1ccc(OC)cc1.I. The van der Waals surface area contributed by atoms with Crippen LogP contribution in [-0.2, 0) is 11.3 Å². The van der Waals surface area contributed by atoms with Crippen LogP contribution in [0, 0.1) is 0 Å². The molecular formula is C18H29IN4O2. The Labute approximate surface area is 168 Å². The van der Waals surface area contributed by atoms with Gasteiger partial charge in [-0.1, -0.05) is 24.3 Å². The summed E-state index contributed by atoms with van der Waals surface area (Å²) in [5.74, 6) is 1.46. The summed E-state index contributed by atoms with van der Waals surface area (Å²) < 4.78 is 5.17. The number of rotatable bonds is 7. The first-order valence-corrected chi connectivity index (χ1v) is 7.80. The van der Waals surface area contributed by atoms with Crippen LogP contribution in [0.2, 0.25) is 0 Å². The monoisotopic (exact) mass is 460 g/mol. The number of nitrogens with zero attached hydrogens (tertiary/aromatic N) is 3. The van der Waals surface area contributed by atoms with Gasteiger partial charge in [0.05, 0.1) is 7.11 Å². The number of carbonyl (C=O) groups excluding carboxylic acids is 1. The Morgan fingerprint density at radius 2 is 1.84 bits per heavy atom. The van der Waals surface area contributed by atoms with E-state index in [0.717, 1.165) is 16.9 Å². The average molecular weight is 460 g/mol. The van der Waals surface area contributed by atoms with Gasteiger partial charge in [-0.05, 0) is 24.6 Å². The molecule has 0 bridgehead atoms. The second kappa shape index (κ2) is 11.7. The third kappa shape index (κ3) is 8.76. The van der Waals surface area contributed by atoms with Crippen molar-refractivity contribution in [2.45, 2.75) is 13.5 Å². The molecule has 1 amide bonds. The zero-order valence-electron chi connectivity index (χ0n) is 15.7. The summed E-state index contributed by atoms with van der Waals surface area (Å²) in [6.07, 6.45) is 0. The molecule has 0 radical (unpaired) electrons. The van der Waals surface area contributed by atoms with E-state index in [-0.39, 0.29) is 36.4 Å². The summed E-state index contributed by atoms with van der Waals surface area (Å²) in [7, 11) is 7.03. The molecule has 1 N–H and O–H groups in total. The minimum atomic E-state index is -0.0394. The third-order valence-electron chi connectivity index (χ3n) is 3.35. The van der Waals surface area contributed by atoms with Gasteiger partial charge in [0.1, 0.15) is 12.3 Å². The van der Waals surface area contributed by atoms with Crippen LogP contribution < -0.4 is 10.1 Å². The van der Waals surface area contributed by atoms with Gasteiger partial charge in [0.2, 0.25) is 5.91 Å². The Bertz CT molecular complexity index is 585. The van der Waals surface area contributed by atoms with Crippen molar-refractivity contribution in [3.63, 3.8) is 0 Å². The molecule has 0 saturated heterocycles. The zero-order chi connectivity index (χ0) is 18.1. The number of hydrogen-bond donors (Lipinski definition) is 1. The fourth-order valence-corrected chi connectivity index (χ4v) is 1.91. The van der Waals surface area contributed by atoms with Crippen LogP contribution in [0.25, 0.3) is 0 Å². The molecule has 0 aliphatic carbocycles. The fourth-order valence-electron chi connectivity index (χ4n) is 1.91. The topological polar surface area (TPSA) is 57.2 Å². The molecule has 1 aromatic carbocycles. The van der Waals surface area contributed by atoms with Crippen LogP contribution in [0.4, 0.5) is 0 Å². The highest BCUT2D eigenvalue weighted by atomic mass is 127. The van der Waals surface area contributed by atoms with Crippen molar-refractivity contribution < 1.29 is 9.53 Å². The Balaban J connectivity index is 0.00000576. The summed E-state index contributed by atoms with van der Waals surface area (Å²) in [6.45, 7) is 7.22. The number of halogens is 1. The highest BCUT2D eigenvalue weighted by molar-refractivity contribution is 14.0. The molecule has 140 valence electrons. The van der Waals surface area contributed by atoms with E-state index < -0.39 is 0 Å². The summed E-state index contributed by atoms with van der Waals surface area (Å²) in [5, 5.41) is 3.24. The number of nitrogens with one attached hydrogen (secondary N) is 1. The molecule has 6 nitrogen and oxygen atoms in total. The van der Waals surface area contributed by atoms with Crippen LogP contribution in [0.3, 0.4) is 0 Å². The molecule has 25 heavy (non-hydrogen) atoms. The Kier molecular flexibility index (Phi) is 10.9. The minimum absolute atomic E-state index is 0. The zero-order valence-corrected chi connectivity index (χ0v) is 18.0. The van der Waals surface area contributed by atoms with E-state index in [1.807, 2.05) is 43.1 Å². The Morgan fingerprint density at radius 3 is 2.32 bits per heavy atom. The van der Waals surface area contributed by atoms with Crippen LogP contribution in [0.5, 0.6) is 5.75 Å². The normalized spacial score (nSPS) is 10.5. The number of methoxy groups -OCH3 is 1. The van der Waals surface area contributed by atoms with Gasteiger partial charge in [0.25, 0.3) is 0 Å². The summed E-state index contributed by atoms with van der Waals surface area (Å²) in [6, 6.07) is 7.88. The van der Waals surface area contributed by atoms with E-state index in [4.69, 9.17) is 4.74 Å². The highest BCUT2D eigenvalue weighted by Crippen LogP contribution is 2.12. The van der Waals surface area contributed by atoms with Crippen molar-refractivity contribution in [1.29, 1.82) is 0 Å². The quantitative estimate of drug-likeness (QED) is 0.294. The molecule has 1 rings (SSSR count). The smallest absolute Gasteiger partial charge is 0.243 e. The maximum absolute atomic E-state index is 11.8. The molecule has 1 aromatic rings. The summed E-state index contributed by atoms with van der Waals surface area (Å²) in [4.78, 5) is 19.7. The van der Waals surface area contributed by atoms with Crippen molar-refractivity contribution in [3.8, 4) is 5.75 Å². The molecule has 0 spiro atoms. The lowest BCUT2D eigenvalue weighted by molar-refractivity contribution is -0.127. The molecular weight excluding hydrogens is 431 g/mol. The van der Waals surface area contributed by atoms with Crippen molar-refractivity contribution in [2.24, 2.45) is 4.99 Å². The number of aliphatic imine (C=N–C) groups is 1. The molecule has 0 aromatic heterocycles. The van der Waals surface area contributed by atoms with Crippen molar-refractivity contribution in [2.75, 3.05) is 41.3 Å². The van der Waals surface area contributed by atoms with Crippen molar-refractivity contribution in [3.05, 3.63) is 42.0 Å². The van der Waals surface area contributed by atoms with Gasteiger partial charge in [0.15, 0.2) is 5.96 Å². The third-order valence-corrected chi connectivity index (χ3v) is 3.35. The van der Waals surface area contributed by atoms with Crippen molar-refractivity contribution in [1.82, 2.24) is 15.1 Å². The first-order valence-electron chi connectivity index (χ1n) is 7.80. The summed E-state index contributed by atoms with van der Waals surface area (Å²) >= 11 is 0. The lowest BCUT2D eigenvalue weighted by atomic mass is 10.2. The van der Waals surface area contributed by atoms with Gasteiger partial charge in [-0.3, -0.25) is 4.79 Å². The van der Waals surface area contributed by atoms with Crippen molar-refractivity contribution >= 4 is 35.8 Å². The van der Waals surface area contributed by atoms with Crippen LogP contribution >= 0.6 is 24.0 Å². The summed E-state index contributed by atoms with van der Waals surface area (Å²) in [5.41, 5.74) is 2.13. The molecule has 0 aliphatic rings. The highest BCUT2D eigenvalue weighted by Gasteiger charge is 2.09.